The van der Waals surface area contributed by atoms with Gasteiger partial charge in [0.05, 0.1) is 5.69 Å². The summed E-state index contributed by atoms with van der Waals surface area (Å²) >= 11 is 1.55. The monoisotopic (exact) mass is 566 g/mol. The number of nitrogens with two attached hydrogens (primary N) is 1. The summed E-state index contributed by atoms with van der Waals surface area (Å²) in [5.41, 5.74) is 6.77. The molecule has 1 aliphatic carbocycles. The fourth-order valence-corrected chi connectivity index (χ4v) is 5.73. The van der Waals surface area contributed by atoms with Crippen LogP contribution in [0.5, 0.6) is 0 Å². The van der Waals surface area contributed by atoms with E-state index in [0.29, 0.717) is 24.0 Å². The lowest BCUT2D eigenvalue weighted by atomic mass is 9.88. The normalized spacial score (nSPS) is 17.4. The van der Waals surface area contributed by atoms with Gasteiger partial charge in [0.15, 0.2) is 5.13 Å². The van der Waals surface area contributed by atoms with Crippen LogP contribution in [0.2, 0.25) is 0 Å². The van der Waals surface area contributed by atoms with Gasteiger partial charge in [-0.2, -0.15) is 0 Å². The lowest BCUT2D eigenvalue weighted by Gasteiger charge is -2.21. The molecule has 0 saturated carbocycles. The van der Waals surface area contributed by atoms with E-state index in [-0.39, 0.29) is 5.91 Å². The molecule has 1 unspecified atom stereocenters. The number of carbonyl (C=O) groups is 2. The molecule has 0 bridgehead atoms. The van der Waals surface area contributed by atoms with E-state index < -0.39 is 17.7 Å². The van der Waals surface area contributed by atoms with Gasteiger partial charge in [0.1, 0.15) is 0 Å². The summed E-state index contributed by atoms with van der Waals surface area (Å²) in [5, 5.41) is 7.16. The van der Waals surface area contributed by atoms with Gasteiger partial charge < -0.3 is 16.4 Å². The Labute approximate surface area is 246 Å². The van der Waals surface area contributed by atoms with E-state index in [1.807, 2.05) is 0 Å². The van der Waals surface area contributed by atoms with Crippen LogP contribution in [-0.4, -0.2) is 29.4 Å². The number of nitrogens with zero attached hydrogens (tertiary/aromatic N) is 1. The third-order valence-electron chi connectivity index (χ3n) is 7.04. The fraction of sp³-hybridized carbons (Fsp3) is 0.545. The number of nitrogens with one attached hydrogen (secondary N) is 2. The van der Waals surface area contributed by atoms with Crippen LogP contribution in [0.1, 0.15) is 89.1 Å². The number of carbonyl (C=O) groups excluding carboxylic acids is 2. The van der Waals surface area contributed by atoms with Crippen molar-refractivity contribution in [3.8, 4) is 0 Å². The summed E-state index contributed by atoms with van der Waals surface area (Å²) in [6.45, 7) is 7.12. The van der Waals surface area contributed by atoms with E-state index in [9.17, 15) is 9.59 Å². The summed E-state index contributed by atoms with van der Waals surface area (Å²) in [5.74, 6) is -1.66. The first-order chi connectivity index (χ1) is 19.5. The molecule has 0 spiro atoms. The van der Waals surface area contributed by atoms with Crippen molar-refractivity contribution in [1.29, 1.82) is 0 Å². The van der Waals surface area contributed by atoms with E-state index in [1.54, 1.807) is 18.3 Å². The van der Waals surface area contributed by atoms with E-state index >= 15 is 0 Å². The number of rotatable bonds is 19. The first kappa shape index (κ1) is 33.4. The number of hydrogen-bond acceptors (Lipinski definition) is 5. The van der Waals surface area contributed by atoms with Crippen LogP contribution in [0, 0.1) is 11.8 Å². The van der Waals surface area contributed by atoms with Gasteiger partial charge in [0.25, 0.3) is 0 Å². The number of aromatic nitrogens is 1. The number of allylic oxidation sites excluding steroid dienone is 10. The molecule has 1 aromatic rings. The third kappa shape index (κ3) is 13.1. The smallest absolute Gasteiger partial charge is 0.229 e. The van der Waals surface area contributed by atoms with Gasteiger partial charge in [-0.3, -0.25) is 9.59 Å². The van der Waals surface area contributed by atoms with Crippen molar-refractivity contribution in [3.05, 3.63) is 71.3 Å². The molecule has 1 heterocycles. The molecule has 40 heavy (non-hydrogen) atoms. The van der Waals surface area contributed by atoms with Gasteiger partial charge in [-0.05, 0) is 77.2 Å². The summed E-state index contributed by atoms with van der Waals surface area (Å²) in [4.78, 5) is 31.0. The molecule has 220 valence electrons. The zero-order valence-corrected chi connectivity index (χ0v) is 25.6. The highest BCUT2D eigenvalue weighted by Gasteiger charge is 2.29. The SMILES string of the molecule is CCC=CCC=CCC=CCC=CCC=CCCC(C(N)=O)[C@H](C)C(=O)Nc1nc2c(s1)C[C@H](NCCC)CC2. The molecule has 3 atom stereocenters. The van der Waals surface area contributed by atoms with Crippen molar-refractivity contribution in [3.63, 3.8) is 0 Å². The maximum Gasteiger partial charge on any atom is 0.229 e. The van der Waals surface area contributed by atoms with Crippen LogP contribution < -0.4 is 16.4 Å². The summed E-state index contributed by atoms with van der Waals surface area (Å²) in [6, 6.07) is 0.477. The van der Waals surface area contributed by atoms with Crippen molar-refractivity contribution < 1.29 is 9.59 Å². The second kappa shape index (κ2) is 20.2. The number of thiazole rings is 1. The van der Waals surface area contributed by atoms with Crippen molar-refractivity contribution in [2.24, 2.45) is 17.6 Å². The number of primary amides is 1. The molecule has 0 radical (unpaired) electrons. The van der Waals surface area contributed by atoms with E-state index in [1.165, 1.54) is 4.88 Å². The van der Waals surface area contributed by atoms with Gasteiger partial charge in [0, 0.05) is 22.8 Å². The molecule has 0 fully saturated rings. The number of aryl methyl sites for hydroxylation is 1. The maximum atomic E-state index is 12.9. The Bertz CT molecular complexity index is 1040. The second-order valence-electron chi connectivity index (χ2n) is 10.4. The average Bonchev–Trinajstić information content (AvgIpc) is 3.34. The first-order valence-corrected chi connectivity index (χ1v) is 15.8. The number of amides is 2. The highest BCUT2D eigenvalue weighted by atomic mass is 32.1. The van der Waals surface area contributed by atoms with Crippen LogP contribution in [0.4, 0.5) is 5.13 Å². The van der Waals surface area contributed by atoms with E-state index in [0.717, 1.165) is 70.0 Å². The summed E-state index contributed by atoms with van der Waals surface area (Å²) in [6.07, 6.45) is 31.8. The predicted octanol–water partition coefficient (Wildman–Crippen LogP) is 7.21. The van der Waals surface area contributed by atoms with Crippen LogP contribution in [0.3, 0.4) is 0 Å². The Kier molecular flexibility index (Phi) is 16.9. The Morgan fingerprint density at radius 2 is 1.57 bits per heavy atom. The summed E-state index contributed by atoms with van der Waals surface area (Å²) < 4.78 is 0. The Balaban J connectivity index is 1.69. The van der Waals surface area contributed by atoms with Crippen LogP contribution in [-0.2, 0) is 22.4 Å². The van der Waals surface area contributed by atoms with Crippen molar-refractivity contribution >= 4 is 28.3 Å². The molecule has 4 N–H and O–H groups in total. The quantitative estimate of drug-likeness (QED) is 0.154. The lowest BCUT2D eigenvalue weighted by molar-refractivity contribution is -0.130. The Morgan fingerprint density at radius 3 is 2.15 bits per heavy atom. The fourth-order valence-electron chi connectivity index (χ4n) is 4.64. The molecule has 1 aromatic heterocycles. The maximum absolute atomic E-state index is 12.9. The van der Waals surface area contributed by atoms with Crippen LogP contribution >= 0.6 is 11.3 Å². The molecular weight excluding hydrogens is 516 g/mol. The average molecular weight is 567 g/mol. The molecule has 7 heteroatoms. The van der Waals surface area contributed by atoms with Gasteiger partial charge in [0.2, 0.25) is 11.8 Å². The Morgan fingerprint density at radius 1 is 0.975 bits per heavy atom. The van der Waals surface area contributed by atoms with Crippen molar-refractivity contribution in [2.75, 3.05) is 11.9 Å². The lowest BCUT2D eigenvalue weighted by Crippen LogP contribution is -2.35. The predicted molar refractivity (Wildman–Crippen MR) is 170 cm³/mol. The minimum absolute atomic E-state index is 0.195. The van der Waals surface area contributed by atoms with Gasteiger partial charge in [-0.1, -0.05) is 81.5 Å². The van der Waals surface area contributed by atoms with Crippen molar-refractivity contribution in [1.82, 2.24) is 10.3 Å². The molecule has 2 rings (SSSR count). The molecule has 6 nitrogen and oxygen atoms in total. The zero-order valence-electron chi connectivity index (χ0n) is 24.7. The van der Waals surface area contributed by atoms with E-state index in [2.05, 4.69) is 90.2 Å². The van der Waals surface area contributed by atoms with Gasteiger partial charge in [-0.25, -0.2) is 4.98 Å². The topological polar surface area (TPSA) is 97.1 Å². The van der Waals surface area contributed by atoms with Gasteiger partial charge >= 0.3 is 0 Å². The second-order valence-corrected chi connectivity index (χ2v) is 11.4. The van der Waals surface area contributed by atoms with Crippen LogP contribution in [0.15, 0.2) is 60.8 Å². The first-order valence-electron chi connectivity index (χ1n) is 15.0. The highest BCUT2D eigenvalue weighted by molar-refractivity contribution is 7.15. The Hall–Kier alpha value is -2.77. The van der Waals surface area contributed by atoms with Gasteiger partial charge in [-0.15, -0.1) is 11.3 Å². The third-order valence-corrected chi connectivity index (χ3v) is 8.07. The largest absolute Gasteiger partial charge is 0.369 e. The highest BCUT2D eigenvalue weighted by Crippen LogP contribution is 2.30. The van der Waals surface area contributed by atoms with E-state index in [4.69, 9.17) is 5.73 Å². The minimum Gasteiger partial charge on any atom is -0.369 e. The zero-order chi connectivity index (χ0) is 29.0. The van der Waals surface area contributed by atoms with Crippen LogP contribution in [0.25, 0.3) is 0 Å². The minimum atomic E-state index is -0.515. The summed E-state index contributed by atoms with van der Waals surface area (Å²) in [7, 11) is 0. The number of anilines is 1. The molecule has 1 aliphatic rings. The standard InChI is InChI=1S/C33H50N4O2S/c1-4-6-7-8-9-10-11-12-13-14-15-16-17-18-19-20-21-28(31(34)38)26(3)32(39)37-33-36-29-23-22-27(35-24-5-2)25-30(29)40-33/h6-7,9-10,12-13,15-16,18-19,26-28,35H,4-5,8,11,14,17,20-25H2,1-3H3,(H2,34,38)(H,36,37,39)/t26-,27+,28?/m0/s1. The molecular formula is C33H50N4O2S. The molecule has 0 aliphatic heterocycles. The number of hydrogen-bond donors (Lipinski definition) is 3. The molecule has 0 aromatic carbocycles. The molecule has 0 saturated heterocycles. The molecule has 2 amide bonds. The van der Waals surface area contributed by atoms with Crippen molar-refractivity contribution in [2.45, 2.75) is 97.4 Å². The number of fused-ring (bicyclic) bond motifs is 1.